The van der Waals surface area contributed by atoms with Gasteiger partial charge in [-0.2, -0.15) is 15.0 Å². The fraction of sp³-hybridized carbons (Fsp3) is 0.261. The van der Waals surface area contributed by atoms with Gasteiger partial charge in [0.25, 0.3) is 6.43 Å². The van der Waals surface area contributed by atoms with E-state index in [-0.39, 0.29) is 11.9 Å². The van der Waals surface area contributed by atoms with Crippen molar-refractivity contribution in [1.29, 1.82) is 0 Å². The van der Waals surface area contributed by atoms with Crippen molar-refractivity contribution in [2.24, 2.45) is 7.05 Å². The number of morpholine rings is 1. The van der Waals surface area contributed by atoms with Crippen molar-refractivity contribution in [3.05, 3.63) is 54.6 Å². The maximum atomic E-state index is 14.0. The van der Waals surface area contributed by atoms with Crippen LogP contribution in [-0.4, -0.2) is 60.4 Å². The summed E-state index contributed by atoms with van der Waals surface area (Å²) >= 11 is 0. The zero-order chi connectivity index (χ0) is 23.9. The minimum absolute atomic E-state index is 0.0620. The van der Waals surface area contributed by atoms with Crippen LogP contribution in [-0.2, 0) is 11.8 Å². The normalized spacial score (nSPS) is 14.3. The third-order valence-corrected chi connectivity index (χ3v) is 5.87. The van der Waals surface area contributed by atoms with Crippen LogP contribution in [0.4, 0.5) is 26.4 Å². The van der Waals surface area contributed by atoms with Crippen LogP contribution in [0.3, 0.4) is 0 Å². The summed E-state index contributed by atoms with van der Waals surface area (Å²) in [6.45, 7) is 2.21. The van der Waals surface area contributed by atoms with Gasteiger partial charge in [0, 0.05) is 25.8 Å². The highest BCUT2D eigenvalue weighted by Crippen LogP contribution is 2.28. The van der Waals surface area contributed by atoms with Crippen LogP contribution in [0.2, 0.25) is 0 Å². The average molecular weight is 477 g/mol. The van der Waals surface area contributed by atoms with E-state index < -0.39 is 12.2 Å². The van der Waals surface area contributed by atoms with E-state index in [0.717, 1.165) is 11.0 Å². The second-order valence-corrected chi connectivity index (χ2v) is 8.14. The number of fused-ring (bicyclic) bond motifs is 2. The summed E-state index contributed by atoms with van der Waals surface area (Å²) in [5.74, 6) is 0.237. The Morgan fingerprint density at radius 3 is 2.54 bits per heavy atom. The molecule has 0 aliphatic carbocycles. The molecule has 12 heteroatoms. The monoisotopic (exact) mass is 477 g/mol. The first-order chi connectivity index (χ1) is 17.1. The molecule has 1 aliphatic rings. The van der Waals surface area contributed by atoms with Crippen LogP contribution in [0.25, 0.3) is 28.0 Å². The number of aryl methyl sites for hydroxylation is 1. The van der Waals surface area contributed by atoms with E-state index in [1.807, 2.05) is 34.7 Å². The summed E-state index contributed by atoms with van der Waals surface area (Å²) in [5, 5.41) is 3.19. The van der Waals surface area contributed by atoms with Crippen molar-refractivity contribution in [2.75, 3.05) is 36.5 Å². The van der Waals surface area contributed by atoms with E-state index in [9.17, 15) is 8.78 Å². The molecular formula is C23H21F2N9O. The van der Waals surface area contributed by atoms with Crippen molar-refractivity contribution in [3.8, 4) is 5.95 Å². The molecule has 0 amide bonds. The number of halogens is 2. The smallest absolute Gasteiger partial charge is 0.296 e. The van der Waals surface area contributed by atoms with Gasteiger partial charge < -0.3 is 19.5 Å². The molecule has 6 rings (SSSR count). The molecule has 0 radical (unpaired) electrons. The number of nitrogens with zero attached hydrogens (tertiary/aromatic N) is 8. The lowest BCUT2D eigenvalue weighted by atomic mass is 10.3. The number of nitrogens with one attached hydrogen (secondary N) is 1. The molecule has 10 nitrogen and oxygen atoms in total. The number of hydrogen-bond acceptors (Lipinski definition) is 8. The average Bonchev–Trinajstić information content (AvgIpc) is 3.45. The van der Waals surface area contributed by atoms with Gasteiger partial charge >= 0.3 is 0 Å². The fourth-order valence-electron chi connectivity index (χ4n) is 4.16. The molecule has 0 spiro atoms. The van der Waals surface area contributed by atoms with Crippen LogP contribution < -0.4 is 10.2 Å². The Kier molecular flexibility index (Phi) is 5.21. The number of alkyl halides is 2. The number of ether oxygens (including phenoxy) is 1. The molecule has 2 aromatic carbocycles. The van der Waals surface area contributed by atoms with E-state index in [4.69, 9.17) is 4.74 Å². The number of rotatable bonds is 5. The lowest BCUT2D eigenvalue weighted by molar-refractivity contribution is 0.122. The zero-order valence-corrected chi connectivity index (χ0v) is 18.8. The molecule has 1 aliphatic heterocycles. The first-order valence-corrected chi connectivity index (χ1v) is 11.1. The molecule has 1 saturated heterocycles. The Morgan fingerprint density at radius 1 is 0.914 bits per heavy atom. The molecule has 1 fully saturated rings. The van der Waals surface area contributed by atoms with Crippen LogP contribution in [0.1, 0.15) is 12.2 Å². The summed E-state index contributed by atoms with van der Waals surface area (Å²) in [4.78, 5) is 24.1. The van der Waals surface area contributed by atoms with Gasteiger partial charge in [-0.3, -0.25) is 4.57 Å². The Labute approximate surface area is 198 Å². The Bertz CT molecular complexity index is 1520. The molecular weight excluding hydrogens is 456 g/mol. The molecule has 0 unspecified atom stereocenters. The van der Waals surface area contributed by atoms with Crippen molar-refractivity contribution in [3.63, 3.8) is 0 Å². The number of imidazole rings is 2. The highest BCUT2D eigenvalue weighted by molar-refractivity contribution is 5.80. The van der Waals surface area contributed by atoms with Gasteiger partial charge in [0.05, 0.1) is 41.6 Å². The van der Waals surface area contributed by atoms with E-state index >= 15 is 0 Å². The van der Waals surface area contributed by atoms with Crippen molar-refractivity contribution in [2.45, 2.75) is 6.43 Å². The Hall–Kier alpha value is -4.19. The summed E-state index contributed by atoms with van der Waals surface area (Å²) < 4.78 is 36.7. The molecule has 35 heavy (non-hydrogen) atoms. The lowest BCUT2D eigenvalue weighted by Crippen LogP contribution is -2.37. The second kappa shape index (κ2) is 8.55. The molecule has 3 aromatic heterocycles. The third-order valence-electron chi connectivity index (χ3n) is 5.87. The first-order valence-electron chi connectivity index (χ1n) is 11.1. The number of para-hydroxylation sites is 2. The highest BCUT2D eigenvalue weighted by Gasteiger charge is 2.24. The van der Waals surface area contributed by atoms with E-state index in [0.29, 0.717) is 49.0 Å². The minimum atomic E-state index is -2.81. The molecule has 0 bridgehead atoms. The maximum Gasteiger partial charge on any atom is 0.296 e. The second-order valence-electron chi connectivity index (χ2n) is 8.14. The summed E-state index contributed by atoms with van der Waals surface area (Å²) in [6, 6.07) is 12.6. The first kappa shape index (κ1) is 21.4. The van der Waals surface area contributed by atoms with E-state index in [1.54, 1.807) is 30.6 Å². The molecule has 1 N–H and O–H groups in total. The van der Waals surface area contributed by atoms with Crippen molar-refractivity contribution in [1.82, 2.24) is 34.1 Å². The number of benzene rings is 2. The number of anilines is 3. The summed E-state index contributed by atoms with van der Waals surface area (Å²) in [7, 11) is 1.92. The van der Waals surface area contributed by atoms with Gasteiger partial charge in [0.15, 0.2) is 5.82 Å². The topological polar surface area (TPSA) is 98.8 Å². The van der Waals surface area contributed by atoms with Crippen LogP contribution >= 0.6 is 0 Å². The SMILES string of the molecule is Cn1cnc2cc(Nc3nc(N4CCOCC4)nc(-n4c(C(F)F)nc5ccccc54)n3)ccc21. The van der Waals surface area contributed by atoms with Gasteiger partial charge in [0.1, 0.15) is 0 Å². The predicted molar refractivity (Wildman–Crippen MR) is 126 cm³/mol. The molecule has 4 heterocycles. The van der Waals surface area contributed by atoms with Gasteiger partial charge in [-0.15, -0.1) is 0 Å². The van der Waals surface area contributed by atoms with Crippen LogP contribution in [0, 0.1) is 0 Å². The minimum Gasteiger partial charge on any atom is -0.378 e. The van der Waals surface area contributed by atoms with E-state index in [2.05, 4.69) is 30.2 Å². The molecule has 0 atom stereocenters. The predicted octanol–water partition coefficient (Wildman–Crippen LogP) is 3.62. The number of hydrogen-bond donors (Lipinski definition) is 1. The third kappa shape index (κ3) is 3.91. The maximum absolute atomic E-state index is 14.0. The Balaban J connectivity index is 1.48. The summed E-state index contributed by atoms with van der Waals surface area (Å²) in [5.41, 5.74) is 3.42. The zero-order valence-electron chi connectivity index (χ0n) is 18.8. The van der Waals surface area contributed by atoms with Gasteiger partial charge in [-0.05, 0) is 30.3 Å². The van der Waals surface area contributed by atoms with E-state index in [1.165, 1.54) is 4.57 Å². The lowest BCUT2D eigenvalue weighted by Gasteiger charge is -2.27. The fourth-order valence-corrected chi connectivity index (χ4v) is 4.16. The quantitative estimate of drug-likeness (QED) is 0.410. The Morgan fingerprint density at radius 2 is 1.71 bits per heavy atom. The standard InChI is InChI=1S/C23H21F2N9O/c1-32-13-26-16-12-14(6-7-17(16)32)27-21-29-22(33-8-10-35-11-9-33)31-23(30-21)34-18-5-3-2-4-15(18)28-20(34)19(24)25/h2-7,12-13,19H,8-11H2,1H3,(H,27,29,30,31). The largest absolute Gasteiger partial charge is 0.378 e. The number of aromatic nitrogens is 7. The summed E-state index contributed by atoms with van der Waals surface area (Å²) in [6.07, 6.45) is -1.07. The van der Waals surface area contributed by atoms with Gasteiger partial charge in [-0.1, -0.05) is 12.1 Å². The molecule has 178 valence electrons. The molecule has 5 aromatic rings. The van der Waals surface area contributed by atoms with Gasteiger partial charge in [-0.25, -0.2) is 18.7 Å². The van der Waals surface area contributed by atoms with Crippen molar-refractivity contribution >= 4 is 39.7 Å². The highest BCUT2D eigenvalue weighted by atomic mass is 19.3. The van der Waals surface area contributed by atoms with Crippen LogP contribution in [0.15, 0.2) is 48.8 Å². The molecule has 0 saturated carbocycles. The van der Waals surface area contributed by atoms with Crippen LogP contribution in [0.5, 0.6) is 0 Å². The van der Waals surface area contributed by atoms with Gasteiger partial charge in [0.2, 0.25) is 17.8 Å². The van der Waals surface area contributed by atoms with Crippen molar-refractivity contribution < 1.29 is 13.5 Å².